The Kier molecular flexibility index (Phi) is 3.70. The van der Waals surface area contributed by atoms with E-state index in [2.05, 4.69) is 15.9 Å². The van der Waals surface area contributed by atoms with Gasteiger partial charge in [-0.05, 0) is 11.6 Å². The van der Waals surface area contributed by atoms with Crippen LogP contribution in [0.5, 0.6) is 0 Å². The maximum Gasteiger partial charge on any atom is 0.0591 e. The summed E-state index contributed by atoms with van der Waals surface area (Å²) in [5.74, 6) is 0. The fourth-order valence-electron chi connectivity index (χ4n) is 1.41. The molecule has 0 aromatic heterocycles. The van der Waals surface area contributed by atoms with E-state index >= 15 is 0 Å². The van der Waals surface area contributed by atoms with E-state index in [-0.39, 0.29) is 18.1 Å². The number of benzene rings is 1. The molecule has 78 valence electrons. The lowest BCUT2D eigenvalue weighted by Gasteiger charge is -2.31. The molecule has 0 bridgehead atoms. The monoisotopic (exact) mass is 257 g/mol. The van der Waals surface area contributed by atoms with Crippen LogP contribution >= 0.6 is 15.9 Å². The van der Waals surface area contributed by atoms with E-state index in [4.69, 9.17) is 10.8 Å². The van der Waals surface area contributed by atoms with Crippen LogP contribution < -0.4 is 5.73 Å². The van der Waals surface area contributed by atoms with Crippen LogP contribution in [0.1, 0.15) is 19.4 Å². The lowest BCUT2D eigenvalue weighted by Crippen LogP contribution is -2.43. The molecule has 14 heavy (non-hydrogen) atoms. The zero-order chi connectivity index (χ0) is 10.8. The average Bonchev–Trinajstić information content (AvgIpc) is 2.17. The molecule has 0 amide bonds. The minimum absolute atomic E-state index is 0.00562. The van der Waals surface area contributed by atoms with E-state index in [1.807, 2.05) is 38.1 Å². The van der Waals surface area contributed by atoms with Gasteiger partial charge in [-0.25, -0.2) is 0 Å². The second-order valence-electron chi connectivity index (χ2n) is 3.99. The molecule has 0 fully saturated rings. The van der Waals surface area contributed by atoms with Gasteiger partial charge >= 0.3 is 0 Å². The zero-order valence-corrected chi connectivity index (χ0v) is 10.1. The minimum Gasteiger partial charge on any atom is -0.395 e. The minimum atomic E-state index is -0.249. The van der Waals surface area contributed by atoms with Crippen molar-refractivity contribution in [2.75, 3.05) is 6.61 Å². The fraction of sp³-hybridized carbons (Fsp3) is 0.455. The third-order valence-corrected chi connectivity index (χ3v) is 3.38. The van der Waals surface area contributed by atoms with Crippen LogP contribution in [0.2, 0.25) is 0 Å². The van der Waals surface area contributed by atoms with Gasteiger partial charge in [-0.2, -0.15) is 0 Å². The molecule has 1 rings (SSSR count). The average molecular weight is 258 g/mol. The van der Waals surface area contributed by atoms with Crippen LogP contribution in [0, 0.1) is 0 Å². The van der Waals surface area contributed by atoms with E-state index in [1.54, 1.807) is 0 Å². The van der Waals surface area contributed by atoms with Gasteiger partial charge in [-0.15, -0.1) is 0 Å². The molecule has 0 heterocycles. The van der Waals surface area contributed by atoms with E-state index in [0.717, 1.165) is 10.0 Å². The first kappa shape index (κ1) is 11.7. The van der Waals surface area contributed by atoms with Crippen molar-refractivity contribution in [3.8, 4) is 0 Å². The molecule has 0 saturated carbocycles. The van der Waals surface area contributed by atoms with Crippen molar-refractivity contribution in [2.24, 2.45) is 5.73 Å². The van der Waals surface area contributed by atoms with Gasteiger partial charge in [0.15, 0.2) is 0 Å². The highest BCUT2D eigenvalue weighted by Gasteiger charge is 2.29. The van der Waals surface area contributed by atoms with E-state index in [1.165, 1.54) is 0 Å². The Balaban J connectivity index is 3.09. The van der Waals surface area contributed by atoms with Gasteiger partial charge in [0, 0.05) is 15.9 Å². The summed E-state index contributed by atoms with van der Waals surface area (Å²) in [7, 11) is 0. The molecule has 0 radical (unpaired) electrons. The molecule has 0 aliphatic heterocycles. The van der Waals surface area contributed by atoms with Crippen LogP contribution in [0.25, 0.3) is 0 Å². The smallest absolute Gasteiger partial charge is 0.0591 e. The summed E-state index contributed by atoms with van der Waals surface area (Å²) in [6.45, 7) is 4.07. The van der Waals surface area contributed by atoms with Crippen molar-refractivity contribution in [1.29, 1.82) is 0 Å². The molecule has 1 aromatic carbocycles. The highest BCUT2D eigenvalue weighted by molar-refractivity contribution is 9.10. The van der Waals surface area contributed by atoms with E-state index in [9.17, 15) is 0 Å². The third-order valence-electron chi connectivity index (χ3n) is 2.69. The molecule has 0 saturated heterocycles. The largest absolute Gasteiger partial charge is 0.395 e. The molecular formula is C11H16BrNO. The van der Waals surface area contributed by atoms with Crippen molar-refractivity contribution in [1.82, 2.24) is 0 Å². The fourth-order valence-corrected chi connectivity index (χ4v) is 2.21. The van der Waals surface area contributed by atoms with Crippen molar-refractivity contribution in [3.05, 3.63) is 34.3 Å². The number of aliphatic hydroxyl groups excluding tert-OH is 1. The maximum absolute atomic E-state index is 9.08. The molecule has 1 unspecified atom stereocenters. The van der Waals surface area contributed by atoms with Gasteiger partial charge in [0.25, 0.3) is 0 Å². The number of hydrogen-bond donors (Lipinski definition) is 2. The van der Waals surface area contributed by atoms with Crippen LogP contribution in [0.15, 0.2) is 28.7 Å². The third kappa shape index (κ3) is 2.16. The van der Waals surface area contributed by atoms with E-state index < -0.39 is 0 Å². The quantitative estimate of drug-likeness (QED) is 0.871. The predicted molar refractivity (Wildman–Crippen MR) is 62.2 cm³/mol. The first-order valence-corrected chi connectivity index (χ1v) is 5.41. The zero-order valence-electron chi connectivity index (χ0n) is 8.50. The normalized spacial score (nSPS) is 14.1. The standard InChI is InChI=1S/C11H16BrNO/c1-11(2,10(13)7-14)8-5-3-4-6-9(8)12/h3-6,10,14H,7,13H2,1-2H3. The highest BCUT2D eigenvalue weighted by Crippen LogP contribution is 2.31. The molecule has 1 aromatic rings. The lowest BCUT2D eigenvalue weighted by molar-refractivity contribution is 0.219. The highest BCUT2D eigenvalue weighted by atomic mass is 79.9. The first-order chi connectivity index (χ1) is 6.50. The van der Waals surface area contributed by atoms with Crippen molar-refractivity contribution in [3.63, 3.8) is 0 Å². The Labute approximate surface area is 93.3 Å². The summed E-state index contributed by atoms with van der Waals surface area (Å²) in [6, 6.07) is 7.71. The molecule has 3 N–H and O–H groups in total. The van der Waals surface area contributed by atoms with Crippen LogP contribution in [-0.2, 0) is 5.41 Å². The molecule has 0 spiro atoms. The first-order valence-electron chi connectivity index (χ1n) is 4.61. The van der Waals surface area contributed by atoms with E-state index in [0.29, 0.717) is 0 Å². The van der Waals surface area contributed by atoms with Gasteiger partial charge < -0.3 is 10.8 Å². The Morgan fingerprint density at radius 2 is 2.00 bits per heavy atom. The number of aliphatic hydroxyl groups is 1. The topological polar surface area (TPSA) is 46.2 Å². The van der Waals surface area contributed by atoms with Crippen LogP contribution in [-0.4, -0.2) is 17.8 Å². The Bertz CT molecular complexity index is 312. The molecule has 1 atom stereocenters. The number of rotatable bonds is 3. The summed E-state index contributed by atoms with van der Waals surface area (Å²) in [5.41, 5.74) is 6.78. The molecule has 3 heteroatoms. The number of nitrogens with two attached hydrogens (primary N) is 1. The van der Waals surface area contributed by atoms with Gasteiger partial charge in [-0.1, -0.05) is 48.0 Å². The van der Waals surface area contributed by atoms with Crippen molar-refractivity contribution < 1.29 is 5.11 Å². The Morgan fingerprint density at radius 1 is 1.43 bits per heavy atom. The second-order valence-corrected chi connectivity index (χ2v) is 4.84. The lowest BCUT2D eigenvalue weighted by atomic mass is 9.78. The van der Waals surface area contributed by atoms with Crippen LogP contribution in [0.3, 0.4) is 0 Å². The molecular weight excluding hydrogens is 242 g/mol. The summed E-state index contributed by atoms with van der Waals surface area (Å²) in [6.07, 6.45) is 0. The van der Waals surface area contributed by atoms with Gasteiger partial charge in [0.05, 0.1) is 6.61 Å². The summed E-state index contributed by atoms with van der Waals surface area (Å²) >= 11 is 3.49. The number of hydrogen-bond acceptors (Lipinski definition) is 2. The molecule has 0 aliphatic rings. The number of halogens is 1. The van der Waals surface area contributed by atoms with Crippen LogP contribution in [0.4, 0.5) is 0 Å². The Morgan fingerprint density at radius 3 is 2.50 bits per heavy atom. The molecule has 2 nitrogen and oxygen atoms in total. The summed E-state index contributed by atoms with van der Waals surface area (Å²) in [5, 5.41) is 9.08. The predicted octanol–water partition coefficient (Wildman–Crippen LogP) is 2.05. The SMILES string of the molecule is CC(C)(c1ccccc1Br)C(N)CO. The van der Waals surface area contributed by atoms with Gasteiger partial charge in [0.1, 0.15) is 0 Å². The molecule has 0 aliphatic carbocycles. The Hall–Kier alpha value is -0.380. The van der Waals surface area contributed by atoms with Crippen molar-refractivity contribution >= 4 is 15.9 Å². The summed E-state index contributed by atoms with van der Waals surface area (Å²) in [4.78, 5) is 0. The second kappa shape index (κ2) is 4.43. The van der Waals surface area contributed by atoms with Gasteiger partial charge in [-0.3, -0.25) is 0 Å². The summed E-state index contributed by atoms with van der Waals surface area (Å²) < 4.78 is 1.04. The maximum atomic E-state index is 9.08. The van der Waals surface area contributed by atoms with Crippen molar-refractivity contribution in [2.45, 2.75) is 25.3 Å². The van der Waals surface area contributed by atoms with Gasteiger partial charge in [0.2, 0.25) is 0 Å².